The Kier molecular flexibility index (Phi) is 4.58. The molecule has 0 spiro atoms. The summed E-state index contributed by atoms with van der Waals surface area (Å²) < 4.78 is 5.61. The zero-order valence-electron chi connectivity index (χ0n) is 11.0. The average Bonchev–Trinajstić information content (AvgIpc) is 2.40. The van der Waals surface area contributed by atoms with Crippen molar-refractivity contribution in [2.24, 2.45) is 0 Å². The van der Waals surface area contributed by atoms with Gasteiger partial charge in [0.2, 0.25) is 11.8 Å². The summed E-state index contributed by atoms with van der Waals surface area (Å²) in [6.45, 7) is 3.79. The topological polar surface area (TPSA) is 58.6 Å². The highest BCUT2D eigenvalue weighted by Crippen LogP contribution is 2.18. The number of hydrogen-bond donors (Lipinski definition) is 1. The Morgan fingerprint density at radius 1 is 1.50 bits per heavy atom. The maximum atomic E-state index is 12.1. The molecular formula is C13H22N2O3. The van der Waals surface area contributed by atoms with E-state index in [1.807, 2.05) is 0 Å². The Morgan fingerprint density at radius 2 is 2.33 bits per heavy atom. The van der Waals surface area contributed by atoms with E-state index in [-0.39, 0.29) is 24.0 Å². The van der Waals surface area contributed by atoms with E-state index < -0.39 is 0 Å². The standard InChI is InChI=1S/C13H22N2O3/c1-10-13(17)14-7-8-15(10)12(16)6-5-11-4-2-3-9-18-11/h10-11H,2-9H2,1H3,(H,14,17). The normalized spacial score (nSPS) is 28.9. The van der Waals surface area contributed by atoms with Gasteiger partial charge in [-0.05, 0) is 32.6 Å². The highest BCUT2D eigenvalue weighted by molar-refractivity contribution is 5.88. The molecule has 0 aliphatic carbocycles. The van der Waals surface area contributed by atoms with Gasteiger partial charge >= 0.3 is 0 Å². The maximum absolute atomic E-state index is 12.1. The fourth-order valence-corrected chi connectivity index (χ4v) is 2.59. The molecule has 0 aromatic heterocycles. The molecule has 2 saturated heterocycles. The summed E-state index contributed by atoms with van der Waals surface area (Å²) in [7, 11) is 0. The highest BCUT2D eigenvalue weighted by atomic mass is 16.5. The van der Waals surface area contributed by atoms with Gasteiger partial charge in [-0.15, -0.1) is 0 Å². The lowest BCUT2D eigenvalue weighted by atomic mass is 10.0. The van der Waals surface area contributed by atoms with Gasteiger partial charge in [-0.1, -0.05) is 0 Å². The van der Waals surface area contributed by atoms with Crippen LogP contribution in [0.2, 0.25) is 0 Å². The van der Waals surface area contributed by atoms with Crippen LogP contribution < -0.4 is 5.32 Å². The SMILES string of the molecule is CC1C(=O)NCCN1C(=O)CCC1CCCCO1. The molecule has 0 radical (unpaired) electrons. The van der Waals surface area contributed by atoms with Crippen LogP contribution in [0.1, 0.15) is 39.0 Å². The van der Waals surface area contributed by atoms with Crippen LogP contribution in [0.15, 0.2) is 0 Å². The van der Waals surface area contributed by atoms with Gasteiger partial charge in [-0.25, -0.2) is 0 Å². The van der Waals surface area contributed by atoms with Crippen LogP contribution in [0.25, 0.3) is 0 Å². The third kappa shape index (κ3) is 3.22. The Morgan fingerprint density at radius 3 is 3.06 bits per heavy atom. The molecule has 0 bridgehead atoms. The van der Waals surface area contributed by atoms with Crippen LogP contribution in [-0.2, 0) is 14.3 Å². The minimum absolute atomic E-state index is 0.0523. The largest absolute Gasteiger partial charge is 0.378 e. The summed E-state index contributed by atoms with van der Waals surface area (Å²) in [6, 6.07) is -0.335. The van der Waals surface area contributed by atoms with E-state index in [2.05, 4.69) is 5.32 Å². The molecule has 2 aliphatic heterocycles. The lowest BCUT2D eigenvalue weighted by molar-refractivity contribution is -0.143. The fourth-order valence-electron chi connectivity index (χ4n) is 2.59. The minimum atomic E-state index is -0.335. The second kappa shape index (κ2) is 6.18. The van der Waals surface area contributed by atoms with E-state index in [1.54, 1.807) is 11.8 Å². The number of nitrogens with one attached hydrogen (secondary N) is 1. The van der Waals surface area contributed by atoms with Crippen molar-refractivity contribution in [3.63, 3.8) is 0 Å². The molecule has 0 aromatic rings. The predicted molar refractivity (Wildman–Crippen MR) is 67.0 cm³/mol. The van der Waals surface area contributed by atoms with Gasteiger partial charge < -0.3 is 15.0 Å². The summed E-state index contributed by atoms with van der Waals surface area (Å²) >= 11 is 0. The van der Waals surface area contributed by atoms with Crippen LogP contribution in [0.3, 0.4) is 0 Å². The molecule has 5 nitrogen and oxygen atoms in total. The maximum Gasteiger partial charge on any atom is 0.242 e. The second-order valence-electron chi connectivity index (χ2n) is 5.08. The molecule has 18 heavy (non-hydrogen) atoms. The van der Waals surface area contributed by atoms with Crippen molar-refractivity contribution in [1.29, 1.82) is 0 Å². The van der Waals surface area contributed by atoms with Crippen molar-refractivity contribution in [3.8, 4) is 0 Å². The first-order valence-corrected chi connectivity index (χ1v) is 6.87. The quantitative estimate of drug-likeness (QED) is 0.806. The third-order valence-electron chi connectivity index (χ3n) is 3.77. The van der Waals surface area contributed by atoms with E-state index >= 15 is 0 Å². The van der Waals surface area contributed by atoms with Crippen LogP contribution in [0.5, 0.6) is 0 Å². The number of piperazine rings is 1. The molecule has 2 fully saturated rings. The van der Waals surface area contributed by atoms with E-state index in [1.165, 1.54) is 6.42 Å². The van der Waals surface area contributed by atoms with Gasteiger partial charge in [-0.2, -0.15) is 0 Å². The predicted octanol–water partition coefficient (Wildman–Crippen LogP) is 0.683. The van der Waals surface area contributed by atoms with Crippen molar-refractivity contribution >= 4 is 11.8 Å². The molecule has 2 atom stereocenters. The minimum Gasteiger partial charge on any atom is -0.378 e. The molecule has 0 aromatic carbocycles. The fraction of sp³-hybridized carbons (Fsp3) is 0.846. The van der Waals surface area contributed by atoms with Crippen molar-refractivity contribution < 1.29 is 14.3 Å². The van der Waals surface area contributed by atoms with Crippen molar-refractivity contribution in [3.05, 3.63) is 0 Å². The average molecular weight is 254 g/mol. The Bertz CT molecular complexity index is 313. The number of amides is 2. The van der Waals surface area contributed by atoms with Gasteiger partial charge in [0.05, 0.1) is 6.10 Å². The second-order valence-corrected chi connectivity index (χ2v) is 5.08. The first-order valence-electron chi connectivity index (χ1n) is 6.87. The van der Waals surface area contributed by atoms with Crippen molar-refractivity contribution in [2.75, 3.05) is 19.7 Å². The number of carbonyl (C=O) groups excluding carboxylic acids is 2. The summed E-state index contributed by atoms with van der Waals surface area (Å²) in [5.41, 5.74) is 0. The number of carbonyl (C=O) groups is 2. The van der Waals surface area contributed by atoms with Gasteiger partial charge in [0, 0.05) is 26.1 Å². The van der Waals surface area contributed by atoms with Gasteiger partial charge in [-0.3, -0.25) is 9.59 Å². The van der Waals surface area contributed by atoms with Crippen LogP contribution in [0, 0.1) is 0 Å². The van der Waals surface area contributed by atoms with Crippen molar-refractivity contribution in [2.45, 2.75) is 51.2 Å². The zero-order chi connectivity index (χ0) is 13.0. The molecule has 2 aliphatic rings. The highest BCUT2D eigenvalue weighted by Gasteiger charge is 2.29. The Hall–Kier alpha value is -1.10. The van der Waals surface area contributed by atoms with Crippen LogP contribution in [0.4, 0.5) is 0 Å². The summed E-state index contributed by atoms with van der Waals surface area (Å²) in [4.78, 5) is 25.3. The number of ether oxygens (including phenoxy) is 1. The molecule has 1 N–H and O–H groups in total. The zero-order valence-corrected chi connectivity index (χ0v) is 11.0. The summed E-state index contributed by atoms with van der Waals surface area (Å²) in [6.07, 6.45) is 4.89. The van der Waals surface area contributed by atoms with Crippen molar-refractivity contribution in [1.82, 2.24) is 10.2 Å². The summed E-state index contributed by atoms with van der Waals surface area (Å²) in [5, 5.41) is 2.76. The van der Waals surface area contributed by atoms with E-state index in [0.717, 1.165) is 25.9 Å². The molecule has 2 amide bonds. The Balaban J connectivity index is 1.78. The van der Waals surface area contributed by atoms with Gasteiger partial charge in [0.1, 0.15) is 6.04 Å². The first-order chi connectivity index (χ1) is 8.68. The lowest BCUT2D eigenvalue weighted by Gasteiger charge is -2.33. The Labute approximate surface area is 108 Å². The molecule has 2 unspecified atom stereocenters. The monoisotopic (exact) mass is 254 g/mol. The number of nitrogens with zero attached hydrogens (tertiary/aromatic N) is 1. The molecule has 2 rings (SSSR count). The number of hydrogen-bond acceptors (Lipinski definition) is 3. The lowest BCUT2D eigenvalue weighted by Crippen LogP contribution is -2.55. The van der Waals surface area contributed by atoms with E-state index in [0.29, 0.717) is 19.5 Å². The smallest absolute Gasteiger partial charge is 0.242 e. The van der Waals surface area contributed by atoms with Crippen LogP contribution in [-0.4, -0.2) is 48.6 Å². The molecular weight excluding hydrogens is 232 g/mol. The summed E-state index contributed by atoms with van der Waals surface area (Å²) in [5.74, 6) is 0.0232. The third-order valence-corrected chi connectivity index (χ3v) is 3.77. The van der Waals surface area contributed by atoms with E-state index in [4.69, 9.17) is 4.74 Å². The molecule has 102 valence electrons. The molecule has 2 heterocycles. The molecule has 5 heteroatoms. The first kappa shape index (κ1) is 13.3. The molecule has 0 saturated carbocycles. The van der Waals surface area contributed by atoms with Gasteiger partial charge in [0.15, 0.2) is 0 Å². The van der Waals surface area contributed by atoms with Gasteiger partial charge in [0.25, 0.3) is 0 Å². The van der Waals surface area contributed by atoms with E-state index in [9.17, 15) is 9.59 Å². The number of rotatable bonds is 3. The van der Waals surface area contributed by atoms with Crippen LogP contribution >= 0.6 is 0 Å².